The number of carbonyl (C=O) groups excluding carboxylic acids is 1. The second-order valence-electron chi connectivity index (χ2n) is 6.18. The van der Waals surface area contributed by atoms with Crippen molar-refractivity contribution in [2.45, 2.75) is 44.6 Å². The molecule has 1 unspecified atom stereocenters. The van der Waals surface area contributed by atoms with Gasteiger partial charge in [-0.3, -0.25) is 14.9 Å². The van der Waals surface area contributed by atoms with Crippen molar-refractivity contribution in [2.24, 2.45) is 0 Å². The van der Waals surface area contributed by atoms with Crippen LogP contribution in [0.4, 0.5) is 0 Å². The Morgan fingerprint density at radius 3 is 3.09 bits per heavy atom. The van der Waals surface area contributed by atoms with Gasteiger partial charge in [0.25, 0.3) is 5.91 Å². The van der Waals surface area contributed by atoms with Gasteiger partial charge in [-0.1, -0.05) is 6.07 Å². The van der Waals surface area contributed by atoms with E-state index in [1.54, 1.807) is 6.20 Å². The summed E-state index contributed by atoms with van der Waals surface area (Å²) in [4.78, 5) is 19.2. The topological polar surface area (TPSA) is 61.9 Å². The summed E-state index contributed by atoms with van der Waals surface area (Å²) in [5.41, 5.74) is 4.06. The van der Waals surface area contributed by atoms with E-state index in [2.05, 4.69) is 21.2 Å². The Labute approximate surface area is 129 Å². The molecule has 3 heterocycles. The second-order valence-corrected chi connectivity index (χ2v) is 6.18. The monoisotopic (exact) mass is 296 g/mol. The summed E-state index contributed by atoms with van der Waals surface area (Å²) in [5, 5.41) is 7.36. The maximum atomic E-state index is 13.0. The number of aromatic nitrogens is 3. The molecule has 1 fully saturated rings. The van der Waals surface area contributed by atoms with Crippen LogP contribution in [-0.4, -0.2) is 32.5 Å². The van der Waals surface area contributed by atoms with Crippen molar-refractivity contribution in [3.63, 3.8) is 0 Å². The predicted octanol–water partition coefficient (Wildman–Crippen LogP) is 2.66. The maximum Gasteiger partial charge on any atom is 0.275 e. The lowest BCUT2D eigenvalue weighted by molar-refractivity contribution is 0.0604. The average molecular weight is 296 g/mol. The van der Waals surface area contributed by atoms with Gasteiger partial charge in [0.1, 0.15) is 0 Å². The third-order valence-corrected chi connectivity index (χ3v) is 4.84. The summed E-state index contributed by atoms with van der Waals surface area (Å²) < 4.78 is 0. The van der Waals surface area contributed by atoms with Gasteiger partial charge in [-0.25, -0.2) is 0 Å². The minimum Gasteiger partial charge on any atom is -0.330 e. The normalized spacial score (nSPS) is 20.9. The van der Waals surface area contributed by atoms with Crippen molar-refractivity contribution in [1.82, 2.24) is 20.1 Å². The number of rotatable bonds is 2. The van der Waals surface area contributed by atoms with Gasteiger partial charge >= 0.3 is 0 Å². The first-order valence-corrected chi connectivity index (χ1v) is 8.11. The van der Waals surface area contributed by atoms with Gasteiger partial charge in [0.2, 0.25) is 0 Å². The van der Waals surface area contributed by atoms with Crippen molar-refractivity contribution in [1.29, 1.82) is 0 Å². The van der Waals surface area contributed by atoms with E-state index in [0.29, 0.717) is 5.69 Å². The van der Waals surface area contributed by atoms with Crippen LogP contribution >= 0.6 is 0 Å². The fraction of sp³-hybridized carbons (Fsp3) is 0.471. The molecule has 0 bridgehead atoms. The molecule has 0 saturated carbocycles. The van der Waals surface area contributed by atoms with Crippen LogP contribution in [0.1, 0.15) is 59.0 Å². The number of piperidine rings is 1. The molecule has 1 aliphatic carbocycles. The number of aromatic amines is 1. The molecule has 0 aromatic carbocycles. The molecule has 1 amide bonds. The van der Waals surface area contributed by atoms with Crippen molar-refractivity contribution < 1.29 is 4.79 Å². The van der Waals surface area contributed by atoms with Gasteiger partial charge in [-0.2, -0.15) is 5.10 Å². The summed E-state index contributed by atoms with van der Waals surface area (Å²) in [6.07, 6.45) is 9.99. The molecule has 1 atom stereocenters. The first-order valence-electron chi connectivity index (χ1n) is 8.11. The van der Waals surface area contributed by atoms with Crippen LogP contribution in [0.2, 0.25) is 0 Å². The minimum atomic E-state index is 0.0768. The van der Waals surface area contributed by atoms with E-state index in [1.807, 2.05) is 17.2 Å². The number of likely N-dealkylation sites (tertiary alicyclic amines) is 1. The number of pyridine rings is 1. The lowest BCUT2D eigenvalue weighted by Gasteiger charge is -2.35. The number of H-pyrrole nitrogens is 1. The summed E-state index contributed by atoms with van der Waals surface area (Å²) >= 11 is 0. The number of carbonyl (C=O) groups is 1. The molecule has 4 rings (SSSR count). The molecule has 5 heteroatoms. The molecule has 0 radical (unpaired) electrons. The molecule has 1 aliphatic heterocycles. The Morgan fingerprint density at radius 2 is 2.23 bits per heavy atom. The third-order valence-electron chi connectivity index (χ3n) is 4.84. The molecule has 22 heavy (non-hydrogen) atoms. The van der Waals surface area contributed by atoms with Gasteiger partial charge in [0.05, 0.1) is 6.04 Å². The van der Waals surface area contributed by atoms with Crippen molar-refractivity contribution in [3.8, 4) is 0 Å². The van der Waals surface area contributed by atoms with Gasteiger partial charge in [0, 0.05) is 30.2 Å². The number of nitrogens with zero attached hydrogens (tertiary/aromatic N) is 3. The van der Waals surface area contributed by atoms with Crippen LogP contribution in [0.25, 0.3) is 0 Å². The molecule has 1 saturated heterocycles. The largest absolute Gasteiger partial charge is 0.330 e. The van der Waals surface area contributed by atoms with Gasteiger partial charge < -0.3 is 4.90 Å². The Kier molecular flexibility index (Phi) is 3.41. The SMILES string of the molecule is O=C(c1n[nH]c2c1CCC2)N1CCCCC1c1cccnc1. The van der Waals surface area contributed by atoms with Crippen LogP contribution in [-0.2, 0) is 12.8 Å². The highest BCUT2D eigenvalue weighted by atomic mass is 16.2. The molecular formula is C17H20N4O. The maximum absolute atomic E-state index is 13.0. The van der Waals surface area contributed by atoms with E-state index < -0.39 is 0 Å². The van der Waals surface area contributed by atoms with Gasteiger partial charge in [-0.15, -0.1) is 0 Å². The Balaban J connectivity index is 1.65. The zero-order chi connectivity index (χ0) is 14.9. The number of hydrogen-bond donors (Lipinski definition) is 1. The van der Waals surface area contributed by atoms with Gasteiger partial charge in [-0.05, 0) is 50.2 Å². The number of hydrogen-bond acceptors (Lipinski definition) is 3. The fourth-order valence-electron chi connectivity index (χ4n) is 3.73. The third kappa shape index (κ3) is 2.21. The first kappa shape index (κ1) is 13.5. The zero-order valence-corrected chi connectivity index (χ0v) is 12.6. The van der Waals surface area contributed by atoms with E-state index >= 15 is 0 Å². The highest BCUT2D eigenvalue weighted by molar-refractivity contribution is 5.94. The van der Waals surface area contributed by atoms with Crippen molar-refractivity contribution in [3.05, 3.63) is 47.0 Å². The van der Waals surface area contributed by atoms with Crippen LogP contribution in [0.3, 0.4) is 0 Å². The van der Waals surface area contributed by atoms with Crippen LogP contribution in [0.15, 0.2) is 24.5 Å². The Morgan fingerprint density at radius 1 is 1.27 bits per heavy atom. The molecule has 0 spiro atoms. The zero-order valence-electron chi connectivity index (χ0n) is 12.6. The molecule has 114 valence electrons. The smallest absolute Gasteiger partial charge is 0.275 e. The molecule has 5 nitrogen and oxygen atoms in total. The summed E-state index contributed by atoms with van der Waals surface area (Å²) in [6.45, 7) is 0.806. The molecule has 2 aromatic heterocycles. The highest BCUT2D eigenvalue weighted by Gasteiger charge is 2.32. The minimum absolute atomic E-state index is 0.0768. The lowest BCUT2D eigenvalue weighted by Crippen LogP contribution is -2.39. The van der Waals surface area contributed by atoms with E-state index in [4.69, 9.17) is 0 Å². The Bertz CT molecular complexity index is 679. The lowest BCUT2D eigenvalue weighted by atomic mass is 9.95. The number of fused-ring (bicyclic) bond motifs is 1. The van der Waals surface area contributed by atoms with E-state index in [9.17, 15) is 4.79 Å². The Hall–Kier alpha value is -2.17. The molecule has 2 aromatic rings. The van der Waals surface area contributed by atoms with Crippen molar-refractivity contribution in [2.75, 3.05) is 6.54 Å². The summed E-state index contributed by atoms with van der Waals surface area (Å²) in [7, 11) is 0. The fourth-order valence-corrected chi connectivity index (χ4v) is 3.73. The van der Waals surface area contributed by atoms with E-state index in [1.165, 1.54) is 0 Å². The summed E-state index contributed by atoms with van der Waals surface area (Å²) in [6, 6.07) is 4.14. The summed E-state index contributed by atoms with van der Waals surface area (Å²) in [5.74, 6) is 0.0768. The van der Waals surface area contributed by atoms with Crippen molar-refractivity contribution >= 4 is 5.91 Å². The molecular weight excluding hydrogens is 276 g/mol. The second kappa shape index (κ2) is 5.55. The number of nitrogens with one attached hydrogen (secondary N) is 1. The first-order chi connectivity index (χ1) is 10.8. The van der Waals surface area contributed by atoms with Gasteiger partial charge in [0.15, 0.2) is 5.69 Å². The average Bonchev–Trinajstić information content (AvgIpc) is 3.18. The van der Waals surface area contributed by atoms with E-state index in [0.717, 1.165) is 61.9 Å². The molecule has 1 N–H and O–H groups in total. The quantitative estimate of drug-likeness (QED) is 0.926. The standard InChI is InChI=1S/C17H20N4O/c22-17(16-13-6-3-7-14(13)19-20-16)21-10-2-1-8-15(21)12-5-4-9-18-11-12/h4-5,9,11,15H,1-3,6-8,10H2,(H,19,20). The highest BCUT2D eigenvalue weighted by Crippen LogP contribution is 2.33. The van der Waals surface area contributed by atoms with E-state index in [-0.39, 0.29) is 11.9 Å². The number of amides is 1. The predicted molar refractivity (Wildman–Crippen MR) is 82.5 cm³/mol. The van der Waals surface area contributed by atoms with Crippen LogP contribution < -0.4 is 0 Å². The molecule has 2 aliphatic rings. The number of aryl methyl sites for hydroxylation is 1. The van der Waals surface area contributed by atoms with Crippen LogP contribution in [0, 0.1) is 0 Å². The van der Waals surface area contributed by atoms with Crippen LogP contribution in [0.5, 0.6) is 0 Å².